The van der Waals surface area contributed by atoms with Gasteiger partial charge in [0.15, 0.2) is 0 Å². The average Bonchev–Trinajstić information content (AvgIpc) is 2.17. The summed E-state index contributed by atoms with van der Waals surface area (Å²) >= 11 is 0.433. The van der Waals surface area contributed by atoms with Gasteiger partial charge in [-0.1, -0.05) is 0 Å². The van der Waals surface area contributed by atoms with Crippen molar-refractivity contribution >= 4 is 25.2 Å². The van der Waals surface area contributed by atoms with Gasteiger partial charge in [0.1, 0.15) is 0 Å². The zero-order valence-electron chi connectivity index (χ0n) is 9.19. The Balaban J connectivity index is 2.09. The van der Waals surface area contributed by atoms with Crippen molar-refractivity contribution in [2.75, 3.05) is 0 Å². The summed E-state index contributed by atoms with van der Waals surface area (Å²) in [6, 6.07) is 10.6. The molecule has 0 aliphatic heterocycles. The van der Waals surface area contributed by atoms with E-state index in [0.29, 0.717) is 26.7 Å². The Bertz CT molecular complexity index is 360. The van der Waals surface area contributed by atoms with E-state index < -0.39 is 0 Å². The second-order valence-electron chi connectivity index (χ2n) is 4.43. The minimum absolute atomic E-state index is 0.278. The molecule has 1 aromatic carbocycles. The molecule has 2 heteroatoms. The first kappa shape index (κ1) is 10.9. The molecule has 0 saturated heterocycles. The van der Waals surface area contributed by atoms with Crippen LogP contribution in [0.1, 0.15) is 26.7 Å². The van der Waals surface area contributed by atoms with Gasteiger partial charge in [0.05, 0.1) is 0 Å². The Labute approximate surface area is 97.4 Å². The molecule has 1 fully saturated rings. The molecule has 0 radical (unpaired) electrons. The molecular formula is C13H16OSe. The summed E-state index contributed by atoms with van der Waals surface area (Å²) in [5, 5.41) is 0. The molecule has 0 spiro atoms. The Hall–Kier alpha value is -0.591. The Morgan fingerprint density at radius 1 is 1.40 bits per heavy atom. The van der Waals surface area contributed by atoms with Gasteiger partial charge in [-0.15, -0.1) is 0 Å². The second kappa shape index (κ2) is 4.11. The second-order valence-corrected chi connectivity index (χ2v) is 7.80. The van der Waals surface area contributed by atoms with Crippen LogP contribution in [0, 0.1) is 5.92 Å². The molecule has 1 aromatic rings. The van der Waals surface area contributed by atoms with E-state index in [-0.39, 0.29) is 4.31 Å². The molecular weight excluding hydrogens is 251 g/mol. The predicted octanol–water partition coefficient (Wildman–Crippen LogP) is 2.19. The predicted molar refractivity (Wildman–Crippen MR) is 63.6 cm³/mol. The molecule has 2 rings (SSSR count). The fourth-order valence-corrected chi connectivity index (χ4v) is 5.31. The van der Waals surface area contributed by atoms with E-state index in [2.05, 4.69) is 31.2 Å². The summed E-state index contributed by atoms with van der Waals surface area (Å²) < 4.78 is 1.69. The molecule has 1 nitrogen and oxygen atoms in total. The van der Waals surface area contributed by atoms with Gasteiger partial charge in [0.25, 0.3) is 0 Å². The van der Waals surface area contributed by atoms with Gasteiger partial charge < -0.3 is 0 Å². The quantitative estimate of drug-likeness (QED) is 0.767. The number of hydrogen-bond acceptors (Lipinski definition) is 1. The third-order valence-corrected chi connectivity index (χ3v) is 6.32. The van der Waals surface area contributed by atoms with Gasteiger partial charge in [0.2, 0.25) is 0 Å². The first-order valence-electron chi connectivity index (χ1n) is 5.36. The van der Waals surface area contributed by atoms with Gasteiger partial charge in [-0.25, -0.2) is 0 Å². The van der Waals surface area contributed by atoms with Gasteiger partial charge in [-0.3, -0.25) is 0 Å². The molecule has 0 bridgehead atoms. The van der Waals surface area contributed by atoms with E-state index in [1.54, 1.807) is 6.92 Å². The summed E-state index contributed by atoms with van der Waals surface area (Å²) in [5.41, 5.74) is 0. The summed E-state index contributed by atoms with van der Waals surface area (Å²) in [5.74, 6) is 0.694. The Morgan fingerprint density at radius 2 is 2.07 bits per heavy atom. The van der Waals surface area contributed by atoms with Crippen LogP contribution in [0.25, 0.3) is 0 Å². The van der Waals surface area contributed by atoms with E-state index in [1.165, 1.54) is 10.9 Å². The number of hydrogen-bond donors (Lipinski definition) is 0. The van der Waals surface area contributed by atoms with Gasteiger partial charge in [-0.05, 0) is 0 Å². The van der Waals surface area contributed by atoms with Gasteiger partial charge in [0, 0.05) is 0 Å². The normalized spacial score (nSPS) is 29.6. The molecule has 0 unspecified atom stereocenters. The number of Topliss-reactive ketones (excluding diaryl/α,β-unsaturated/α-hetero) is 1. The first-order valence-corrected chi connectivity index (χ1v) is 7.08. The van der Waals surface area contributed by atoms with Crippen molar-refractivity contribution < 1.29 is 4.79 Å². The van der Waals surface area contributed by atoms with Crippen LogP contribution < -0.4 is 4.46 Å². The summed E-state index contributed by atoms with van der Waals surface area (Å²) in [4.78, 5) is 11.4. The molecule has 0 N–H and O–H groups in total. The van der Waals surface area contributed by atoms with Crippen LogP contribution >= 0.6 is 0 Å². The number of rotatable bonds is 3. The molecule has 0 amide bonds. The van der Waals surface area contributed by atoms with E-state index in [0.717, 1.165) is 6.42 Å². The van der Waals surface area contributed by atoms with Crippen LogP contribution in [0.5, 0.6) is 0 Å². The third-order valence-electron chi connectivity index (χ3n) is 3.25. The van der Waals surface area contributed by atoms with Crippen LogP contribution in [-0.4, -0.2) is 20.7 Å². The summed E-state index contributed by atoms with van der Waals surface area (Å²) in [6.45, 7) is 4.01. The summed E-state index contributed by atoms with van der Waals surface area (Å²) in [6.07, 6.45) is 2.31. The Kier molecular flexibility index (Phi) is 2.99. The van der Waals surface area contributed by atoms with E-state index >= 15 is 0 Å². The standard InChI is InChI=1S/C13H16OSe/c1-10(14)12-8-9-13(12,2)15-11-6-4-3-5-7-11/h3-7,12H,8-9H2,1-2H3/t12-,13-/m1/s1. The Morgan fingerprint density at radius 3 is 2.53 bits per heavy atom. The van der Waals surface area contributed by atoms with Crippen LogP contribution in [0.15, 0.2) is 30.3 Å². The van der Waals surface area contributed by atoms with Crippen LogP contribution in [0.4, 0.5) is 0 Å². The zero-order valence-corrected chi connectivity index (χ0v) is 10.9. The number of carbonyl (C=O) groups is 1. The molecule has 0 aromatic heterocycles. The molecule has 1 aliphatic carbocycles. The summed E-state index contributed by atoms with van der Waals surface area (Å²) in [7, 11) is 0. The van der Waals surface area contributed by atoms with Crippen molar-refractivity contribution in [1.29, 1.82) is 0 Å². The van der Waals surface area contributed by atoms with Crippen molar-refractivity contribution in [3.05, 3.63) is 30.3 Å². The van der Waals surface area contributed by atoms with Crippen molar-refractivity contribution in [2.24, 2.45) is 5.92 Å². The van der Waals surface area contributed by atoms with Gasteiger partial charge >= 0.3 is 97.2 Å². The van der Waals surface area contributed by atoms with E-state index in [9.17, 15) is 4.79 Å². The number of carbonyl (C=O) groups excluding carboxylic acids is 1. The van der Waals surface area contributed by atoms with Gasteiger partial charge in [-0.2, -0.15) is 0 Å². The topological polar surface area (TPSA) is 17.1 Å². The van der Waals surface area contributed by atoms with Crippen molar-refractivity contribution in [3.8, 4) is 0 Å². The van der Waals surface area contributed by atoms with Crippen LogP contribution in [0.2, 0.25) is 4.31 Å². The first-order chi connectivity index (χ1) is 7.12. The van der Waals surface area contributed by atoms with Crippen molar-refractivity contribution in [2.45, 2.75) is 31.0 Å². The molecule has 0 heterocycles. The zero-order chi connectivity index (χ0) is 10.9. The van der Waals surface area contributed by atoms with Crippen molar-refractivity contribution in [1.82, 2.24) is 0 Å². The molecule has 15 heavy (non-hydrogen) atoms. The van der Waals surface area contributed by atoms with Crippen LogP contribution in [-0.2, 0) is 4.79 Å². The minimum atomic E-state index is 0.278. The van der Waals surface area contributed by atoms with Crippen molar-refractivity contribution in [3.63, 3.8) is 0 Å². The fourth-order valence-electron chi connectivity index (χ4n) is 2.21. The van der Waals surface area contributed by atoms with Crippen LogP contribution in [0.3, 0.4) is 0 Å². The maximum atomic E-state index is 11.4. The van der Waals surface area contributed by atoms with E-state index in [4.69, 9.17) is 0 Å². The maximum absolute atomic E-state index is 11.4. The molecule has 2 atom stereocenters. The monoisotopic (exact) mass is 268 g/mol. The molecule has 1 saturated carbocycles. The molecule has 1 aliphatic rings. The number of benzene rings is 1. The van der Waals surface area contributed by atoms with E-state index in [1.807, 2.05) is 6.07 Å². The molecule has 80 valence electrons. The third kappa shape index (κ3) is 2.16. The SMILES string of the molecule is CC(=O)[C@H]1CC[C@@]1(C)[Se]c1ccccc1. The fraction of sp³-hybridized carbons (Fsp3) is 0.462. The number of ketones is 1. The average molecular weight is 267 g/mol.